The van der Waals surface area contributed by atoms with Gasteiger partial charge >= 0.3 is 5.97 Å². The van der Waals surface area contributed by atoms with E-state index in [4.69, 9.17) is 14.5 Å². The predicted molar refractivity (Wildman–Crippen MR) is 144 cm³/mol. The highest BCUT2D eigenvalue weighted by molar-refractivity contribution is 7.13. The van der Waals surface area contributed by atoms with Gasteiger partial charge in [-0.2, -0.15) is 0 Å². The number of thiazole rings is 1. The summed E-state index contributed by atoms with van der Waals surface area (Å²) < 4.78 is 10.7. The van der Waals surface area contributed by atoms with E-state index in [1.54, 1.807) is 11.3 Å². The maximum absolute atomic E-state index is 11.3. The molecule has 0 N–H and O–H groups in total. The van der Waals surface area contributed by atoms with Gasteiger partial charge in [0.1, 0.15) is 12.4 Å². The van der Waals surface area contributed by atoms with Gasteiger partial charge in [0, 0.05) is 24.9 Å². The number of aromatic nitrogens is 1. The molecule has 0 radical (unpaired) electrons. The third kappa shape index (κ3) is 8.70. The number of hydrogen-bond donors (Lipinski definition) is 0. The molecule has 0 unspecified atom stereocenters. The fraction of sp³-hybridized carbons (Fsp3) is 0.448. The number of carbonyl (C=O) groups excluding carboxylic acids is 1. The first-order valence-corrected chi connectivity index (χ1v) is 13.3. The molecular weight excluding hydrogens is 456 g/mol. The first-order valence-electron chi connectivity index (χ1n) is 12.4. The van der Waals surface area contributed by atoms with Crippen molar-refractivity contribution in [3.05, 3.63) is 76.3 Å². The summed E-state index contributed by atoms with van der Waals surface area (Å²) in [5.41, 5.74) is 4.67. The molecule has 0 aliphatic heterocycles. The minimum atomic E-state index is -0.191. The van der Waals surface area contributed by atoms with Crippen molar-refractivity contribution < 1.29 is 14.3 Å². The van der Waals surface area contributed by atoms with Crippen LogP contribution in [0, 0.1) is 5.92 Å². The standard InChI is InChI=1S/C29H38N2O3S/c1-21(2)16-17-31(29-30-27(20-35-29)22(3)4)18-24-6-8-25(9-7-24)19-34-26-13-10-23(11-14-26)12-15-28(32)33-5/h6-11,13-14,20-22H,12,15-19H2,1-5H3. The Morgan fingerprint density at radius 3 is 2.23 bits per heavy atom. The largest absolute Gasteiger partial charge is 0.489 e. The molecular formula is C29H38N2O3S. The Labute approximate surface area is 214 Å². The van der Waals surface area contributed by atoms with Gasteiger partial charge in [0.05, 0.1) is 12.8 Å². The number of anilines is 1. The number of rotatable bonds is 13. The average molecular weight is 495 g/mol. The molecule has 6 heteroatoms. The van der Waals surface area contributed by atoms with Crippen LogP contribution in [0.1, 0.15) is 68.8 Å². The average Bonchev–Trinajstić information content (AvgIpc) is 3.36. The Hall–Kier alpha value is -2.86. The first kappa shape index (κ1) is 26.7. The first-order chi connectivity index (χ1) is 16.8. The normalized spacial score (nSPS) is 11.2. The number of benzene rings is 2. The Kier molecular flexibility index (Phi) is 10.2. The van der Waals surface area contributed by atoms with E-state index in [9.17, 15) is 4.79 Å². The number of ether oxygens (including phenoxy) is 2. The van der Waals surface area contributed by atoms with Gasteiger partial charge in [-0.3, -0.25) is 4.79 Å². The topological polar surface area (TPSA) is 51.7 Å². The van der Waals surface area contributed by atoms with Crippen LogP contribution in [-0.4, -0.2) is 24.6 Å². The van der Waals surface area contributed by atoms with Gasteiger partial charge in [0.2, 0.25) is 0 Å². The maximum atomic E-state index is 11.3. The van der Waals surface area contributed by atoms with Gasteiger partial charge in [0.25, 0.3) is 0 Å². The molecule has 0 aliphatic carbocycles. The van der Waals surface area contributed by atoms with Gasteiger partial charge in [-0.25, -0.2) is 4.98 Å². The molecule has 5 nitrogen and oxygen atoms in total. The number of aryl methyl sites for hydroxylation is 1. The Balaban J connectivity index is 1.56. The molecule has 0 amide bonds. The highest BCUT2D eigenvalue weighted by Crippen LogP contribution is 2.27. The van der Waals surface area contributed by atoms with E-state index in [2.05, 4.69) is 62.2 Å². The molecule has 0 bridgehead atoms. The summed E-state index contributed by atoms with van der Waals surface area (Å²) in [5.74, 6) is 1.73. The van der Waals surface area contributed by atoms with Gasteiger partial charge in [-0.05, 0) is 53.5 Å². The van der Waals surface area contributed by atoms with Crippen LogP contribution in [0.4, 0.5) is 5.13 Å². The van der Waals surface area contributed by atoms with Crippen molar-refractivity contribution in [2.75, 3.05) is 18.6 Å². The zero-order valence-corrected chi connectivity index (χ0v) is 22.4. The van der Waals surface area contributed by atoms with Crippen LogP contribution in [0.5, 0.6) is 5.75 Å². The monoisotopic (exact) mass is 494 g/mol. The summed E-state index contributed by atoms with van der Waals surface area (Å²) in [6.45, 7) is 11.3. The molecule has 188 valence electrons. The van der Waals surface area contributed by atoms with Gasteiger partial charge in [-0.15, -0.1) is 11.3 Å². The van der Waals surface area contributed by atoms with Crippen molar-refractivity contribution in [3.63, 3.8) is 0 Å². The van der Waals surface area contributed by atoms with E-state index in [1.165, 1.54) is 18.4 Å². The van der Waals surface area contributed by atoms with Crippen molar-refractivity contribution in [2.24, 2.45) is 5.92 Å². The van der Waals surface area contributed by atoms with Gasteiger partial charge in [-0.1, -0.05) is 64.1 Å². The van der Waals surface area contributed by atoms with E-state index in [0.717, 1.165) is 41.5 Å². The summed E-state index contributed by atoms with van der Waals surface area (Å²) in [4.78, 5) is 18.6. The van der Waals surface area contributed by atoms with Crippen molar-refractivity contribution in [1.29, 1.82) is 0 Å². The molecule has 0 saturated carbocycles. The van der Waals surface area contributed by atoms with E-state index < -0.39 is 0 Å². The third-order valence-corrected chi connectivity index (χ3v) is 6.84. The Morgan fingerprint density at radius 1 is 0.971 bits per heavy atom. The summed E-state index contributed by atoms with van der Waals surface area (Å²) in [7, 11) is 1.41. The molecule has 0 atom stereocenters. The summed E-state index contributed by atoms with van der Waals surface area (Å²) >= 11 is 1.74. The second-order valence-electron chi connectivity index (χ2n) is 9.64. The number of carbonyl (C=O) groups is 1. The quantitative estimate of drug-likeness (QED) is 0.239. The van der Waals surface area contributed by atoms with Crippen LogP contribution >= 0.6 is 11.3 Å². The second-order valence-corrected chi connectivity index (χ2v) is 10.5. The van der Waals surface area contributed by atoms with Gasteiger partial charge < -0.3 is 14.4 Å². The fourth-order valence-corrected chi connectivity index (χ4v) is 4.59. The lowest BCUT2D eigenvalue weighted by Crippen LogP contribution is -2.25. The third-order valence-electron chi connectivity index (χ3n) is 5.92. The molecule has 1 heterocycles. The van der Waals surface area contributed by atoms with Crippen LogP contribution in [0.15, 0.2) is 53.9 Å². The van der Waals surface area contributed by atoms with Crippen LogP contribution in [-0.2, 0) is 29.1 Å². The molecule has 0 saturated heterocycles. The Bertz CT molecular complexity index is 1040. The van der Waals surface area contributed by atoms with Crippen molar-refractivity contribution in [3.8, 4) is 5.75 Å². The zero-order valence-electron chi connectivity index (χ0n) is 21.6. The SMILES string of the molecule is COC(=O)CCc1ccc(OCc2ccc(CN(CCC(C)C)c3nc(C(C)C)cs3)cc2)cc1. The zero-order chi connectivity index (χ0) is 25.2. The smallest absolute Gasteiger partial charge is 0.305 e. The highest BCUT2D eigenvalue weighted by Gasteiger charge is 2.14. The molecule has 0 fully saturated rings. The number of hydrogen-bond acceptors (Lipinski definition) is 6. The highest BCUT2D eigenvalue weighted by atomic mass is 32.1. The van der Waals surface area contributed by atoms with E-state index in [1.807, 2.05) is 24.3 Å². The van der Waals surface area contributed by atoms with E-state index in [0.29, 0.717) is 31.3 Å². The van der Waals surface area contributed by atoms with Gasteiger partial charge in [0.15, 0.2) is 5.13 Å². The van der Waals surface area contributed by atoms with Crippen LogP contribution in [0.3, 0.4) is 0 Å². The van der Waals surface area contributed by atoms with E-state index in [-0.39, 0.29) is 5.97 Å². The van der Waals surface area contributed by atoms with E-state index >= 15 is 0 Å². The molecule has 0 aliphatic rings. The molecule has 3 aromatic rings. The maximum Gasteiger partial charge on any atom is 0.305 e. The Morgan fingerprint density at radius 2 is 1.63 bits per heavy atom. The van der Waals surface area contributed by atoms with Crippen molar-refractivity contribution in [2.45, 2.75) is 66.0 Å². The minimum Gasteiger partial charge on any atom is -0.489 e. The predicted octanol–water partition coefficient (Wildman–Crippen LogP) is 7.00. The molecule has 35 heavy (non-hydrogen) atoms. The molecule has 1 aromatic heterocycles. The summed E-state index contributed by atoms with van der Waals surface area (Å²) in [5, 5.41) is 3.30. The molecule has 3 rings (SSSR count). The summed E-state index contributed by atoms with van der Waals surface area (Å²) in [6.07, 6.45) is 2.20. The van der Waals surface area contributed by atoms with Crippen LogP contribution in [0.25, 0.3) is 0 Å². The number of esters is 1. The van der Waals surface area contributed by atoms with Crippen molar-refractivity contribution in [1.82, 2.24) is 4.98 Å². The van der Waals surface area contributed by atoms with Crippen LogP contribution in [0.2, 0.25) is 0 Å². The fourth-order valence-electron chi connectivity index (χ4n) is 3.57. The number of methoxy groups -OCH3 is 1. The summed E-state index contributed by atoms with van der Waals surface area (Å²) in [6, 6.07) is 16.6. The lowest BCUT2D eigenvalue weighted by molar-refractivity contribution is -0.140. The van der Waals surface area contributed by atoms with Crippen LogP contribution < -0.4 is 9.64 Å². The number of nitrogens with zero attached hydrogens (tertiary/aromatic N) is 2. The minimum absolute atomic E-state index is 0.191. The lowest BCUT2D eigenvalue weighted by atomic mass is 10.1. The van der Waals surface area contributed by atoms with Crippen molar-refractivity contribution >= 4 is 22.4 Å². The second kappa shape index (κ2) is 13.3. The molecule has 2 aromatic carbocycles. The molecule has 0 spiro atoms. The lowest BCUT2D eigenvalue weighted by Gasteiger charge is -2.23.